The van der Waals surface area contributed by atoms with E-state index in [0.29, 0.717) is 17.7 Å². The second-order valence-electron chi connectivity index (χ2n) is 5.62. The van der Waals surface area contributed by atoms with Crippen molar-refractivity contribution in [2.24, 2.45) is 0 Å². The van der Waals surface area contributed by atoms with Gasteiger partial charge >= 0.3 is 0 Å². The summed E-state index contributed by atoms with van der Waals surface area (Å²) >= 11 is 0. The predicted molar refractivity (Wildman–Crippen MR) is 98.0 cm³/mol. The molecule has 3 nitrogen and oxygen atoms in total. The number of rotatable bonds is 8. The molecule has 0 bridgehead atoms. The number of likely N-dealkylation sites (N-methyl/N-ethyl adjacent to an activating group) is 1. The van der Waals surface area contributed by atoms with E-state index in [1.807, 2.05) is 54.6 Å². The maximum Gasteiger partial charge on any atom is 0.176 e. The van der Waals surface area contributed by atoms with Crippen molar-refractivity contribution in [1.82, 2.24) is 4.90 Å². The van der Waals surface area contributed by atoms with Crippen molar-refractivity contribution in [1.29, 1.82) is 0 Å². The van der Waals surface area contributed by atoms with Gasteiger partial charge in [0.2, 0.25) is 0 Å². The van der Waals surface area contributed by atoms with Gasteiger partial charge in [0.05, 0.1) is 0 Å². The second-order valence-corrected chi connectivity index (χ2v) is 5.62. The summed E-state index contributed by atoms with van der Waals surface area (Å²) < 4.78 is 5.77. The predicted octanol–water partition coefficient (Wildman–Crippen LogP) is 3.28. The van der Waals surface area contributed by atoms with E-state index in [4.69, 9.17) is 11.2 Å². The number of aliphatic hydroxyl groups is 1. The van der Waals surface area contributed by atoms with Crippen molar-refractivity contribution in [3.8, 4) is 18.1 Å². The van der Waals surface area contributed by atoms with E-state index < -0.39 is 5.60 Å². The molecule has 0 aliphatic rings. The van der Waals surface area contributed by atoms with Gasteiger partial charge in [-0.2, -0.15) is 0 Å². The highest BCUT2D eigenvalue weighted by Crippen LogP contribution is 2.30. The number of terminal acetylenes is 1. The fraction of sp³-hybridized carbons (Fsp3) is 0.333. The molecule has 0 heterocycles. The third kappa shape index (κ3) is 4.17. The van der Waals surface area contributed by atoms with Crippen molar-refractivity contribution in [3.05, 3.63) is 65.7 Å². The smallest absolute Gasteiger partial charge is 0.176 e. The van der Waals surface area contributed by atoms with Crippen LogP contribution in [0.4, 0.5) is 0 Å². The van der Waals surface area contributed by atoms with Crippen LogP contribution < -0.4 is 4.74 Å². The van der Waals surface area contributed by atoms with Crippen LogP contribution in [0.3, 0.4) is 0 Å². The van der Waals surface area contributed by atoms with Crippen LogP contribution in [-0.4, -0.2) is 36.2 Å². The van der Waals surface area contributed by atoms with Crippen LogP contribution in [0.5, 0.6) is 5.75 Å². The average molecular weight is 323 g/mol. The van der Waals surface area contributed by atoms with Crippen molar-refractivity contribution in [2.75, 3.05) is 26.2 Å². The Labute approximate surface area is 144 Å². The lowest BCUT2D eigenvalue weighted by Gasteiger charge is -2.23. The molecule has 0 amide bonds. The molecule has 0 saturated heterocycles. The van der Waals surface area contributed by atoms with E-state index in [2.05, 4.69) is 24.7 Å². The molecule has 0 aromatic heterocycles. The molecule has 2 rings (SSSR count). The monoisotopic (exact) mass is 323 g/mol. The first-order valence-electron chi connectivity index (χ1n) is 8.35. The fourth-order valence-electron chi connectivity index (χ4n) is 2.64. The zero-order chi connectivity index (χ0) is 17.4. The molecule has 3 heteroatoms. The molecular formula is C21H25NO2. The molecule has 0 aliphatic carbocycles. The molecule has 0 aliphatic heterocycles. The van der Waals surface area contributed by atoms with E-state index in [1.165, 1.54) is 0 Å². The zero-order valence-corrected chi connectivity index (χ0v) is 14.4. The Kier molecular flexibility index (Phi) is 6.43. The molecular weight excluding hydrogens is 298 g/mol. The van der Waals surface area contributed by atoms with Gasteiger partial charge in [-0.25, -0.2) is 0 Å². The summed E-state index contributed by atoms with van der Waals surface area (Å²) in [5.41, 5.74) is -0.0870. The third-order valence-electron chi connectivity index (χ3n) is 4.24. The quantitative estimate of drug-likeness (QED) is 0.757. The number of ether oxygens (including phenoxy) is 1. The first-order chi connectivity index (χ1) is 11.6. The van der Waals surface area contributed by atoms with Gasteiger partial charge in [0.1, 0.15) is 12.4 Å². The molecule has 2 aromatic carbocycles. The fourth-order valence-corrected chi connectivity index (χ4v) is 2.64. The van der Waals surface area contributed by atoms with E-state index in [0.717, 1.165) is 25.4 Å². The molecule has 0 spiro atoms. The first kappa shape index (κ1) is 18.1. The SMILES string of the molecule is C#CC(O)(c1ccccc1)c1ccc(OCCN(CC)CC)cc1. The molecule has 1 atom stereocenters. The summed E-state index contributed by atoms with van der Waals surface area (Å²) in [6.07, 6.45) is 5.62. The van der Waals surface area contributed by atoms with Gasteiger partial charge in [0.25, 0.3) is 0 Å². The van der Waals surface area contributed by atoms with Gasteiger partial charge < -0.3 is 14.7 Å². The van der Waals surface area contributed by atoms with Gasteiger partial charge in [-0.15, -0.1) is 6.42 Å². The molecule has 126 valence electrons. The van der Waals surface area contributed by atoms with Crippen LogP contribution in [0.1, 0.15) is 25.0 Å². The summed E-state index contributed by atoms with van der Waals surface area (Å²) in [7, 11) is 0. The lowest BCUT2D eigenvalue weighted by Crippen LogP contribution is -2.28. The molecule has 2 aromatic rings. The molecule has 24 heavy (non-hydrogen) atoms. The number of hydrogen-bond acceptors (Lipinski definition) is 3. The Morgan fingerprint density at radius 3 is 2.12 bits per heavy atom. The Morgan fingerprint density at radius 2 is 1.58 bits per heavy atom. The average Bonchev–Trinajstić information content (AvgIpc) is 2.66. The highest BCUT2D eigenvalue weighted by molar-refractivity contribution is 5.44. The summed E-state index contributed by atoms with van der Waals surface area (Å²) in [5, 5.41) is 10.9. The first-order valence-corrected chi connectivity index (χ1v) is 8.35. The highest BCUT2D eigenvalue weighted by atomic mass is 16.5. The summed E-state index contributed by atoms with van der Waals surface area (Å²) in [6, 6.07) is 16.6. The Hall–Kier alpha value is -2.28. The van der Waals surface area contributed by atoms with Gasteiger partial charge in [-0.05, 0) is 25.2 Å². The summed E-state index contributed by atoms with van der Waals surface area (Å²) in [6.45, 7) is 7.85. The largest absolute Gasteiger partial charge is 0.492 e. The summed E-state index contributed by atoms with van der Waals surface area (Å²) in [5.74, 6) is 3.29. The van der Waals surface area contributed by atoms with E-state index >= 15 is 0 Å². The van der Waals surface area contributed by atoms with Crippen LogP contribution in [0.15, 0.2) is 54.6 Å². The van der Waals surface area contributed by atoms with Crippen molar-refractivity contribution in [3.63, 3.8) is 0 Å². The maximum absolute atomic E-state index is 10.9. The Morgan fingerprint density at radius 1 is 1.00 bits per heavy atom. The number of nitrogens with zero attached hydrogens (tertiary/aromatic N) is 1. The van der Waals surface area contributed by atoms with Crippen LogP contribution in [0.2, 0.25) is 0 Å². The molecule has 0 fully saturated rings. The van der Waals surface area contributed by atoms with Crippen LogP contribution in [0, 0.1) is 12.3 Å². The number of hydrogen-bond donors (Lipinski definition) is 1. The van der Waals surface area contributed by atoms with Crippen molar-refractivity contribution in [2.45, 2.75) is 19.4 Å². The van der Waals surface area contributed by atoms with Gasteiger partial charge in [0, 0.05) is 17.7 Å². The van der Waals surface area contributed by atoms with Gasteiger partial charge in [-0.1, -0.05) is 62.2 Å². The molecule has 1 unspecified atom stereocenters. The number of benzene rings is 2. The normalized spacial score (nSPS) is 13.3. The van der Waals surface area contributed by atoms with E-state index in [-0.39, 0.29) is 0 Å². The van der Waals surface area contributed by atoms with Crippen molar-refractivity contribution >= 4 is 0 Å². The van der Waals surface area contributed by atoms with E-state index in [1.54, 1.807) is 0 Å². The topological polar surface area (TPSA) is 32.7 Å². The van der Waals surface area contributed by atoms with E-state index in [9.17, 15) is 5.11 Å². The van der Waals surface area contributed by atoms with Crippen LogP contribution in [-0.2, 0) is 5.60 Å². The Bertz CT molecular complexity index is 656. The minimum Gasteiger partial charge on any atom is -0.492 e. The molecule has 0 radical (unpaired) electrons. The standard InChI is InChI=1S/C21H25NO2/c1-4-21(23,18-10-8-7-9-11-18)19-12-14-20(15-13-19)24-17-16-22(5-2)6-3/h1,7-15,23H,5-6,16-17H2,2-3H3. The lowest BCUT2D eigenvalue weighted by atomic mass is 9.87. The second kappa shape index (κ2) is 8.54. The third-order valence-corrected chi connectivity index (χ3v) is 4.24. The van der Waals surface area contributed by atoms with Crippen LogP contribution >= 0.6 is 0 Å². The summed E-state index contributed by atoms with van der Waals surface area (Å²) in [4.78, 5) is 2.31. The molecule has 1 N–H and O–H groups in total. The highest BCUT2D eigenvalue weighted by Gasteiger charge is 2.28. The maximum atomic E-state index is 10.9. The zero-order valence-electron chi connectivity index (χ0n) is 14.4. The Balaban J connectivity index is 2.07. The van der Waals surface area contributed by atoms with Gasteiger partial charge in [0.15, 0.2) is 5.60 Å². The minimum absolute atomic E-state index is 0.638. The van der Waals surface area contributed by atoms with Gasteiger partial charge in [-0.3, -0.25) is 0 Å². The lowest BCUT2D eigenvalue weighted by molar-refractivity contribution is 0.145. The van der Waals surface area contributed by atoms with Crippen molar-refractivity contribution < 1.29 is 9.84 Å². The molecule has 0 saturated carbocycles. The minimum atomic E-state index is -1.43. The van der Waals surface area contributed by atoms with Crippen LogP contribution in [0.25, 0.3) is 0 Å².